The molecule has 3 heterocycles. The SMILES string of the molecule is Clc1ccc(C(Br)(Cn2cncn2)c2ccc(Cl)cn2)nc1. The first kappa shape index (κ1) is 15.4. The molecule has 0 amide bonds. The van der Waals surface area contributed by atoms with Crippen molar-refractivity contribution in [3.8, 4) is 0 Å². The fraction of sp³-hybridized carbons (Fsp3) is 0.143. The number of rotatable bonds is 4. The van der Waals surface area contributed by atoms with Gasteiger partial charge in [0, 0.05) is 12.4 Å². The first-order valence-electron chi connectivity index (χ1n) is 6.33. The van der Waals surface area contributed by atoms with Gasteiger partial charge in [-0.2, -0.15) is 5.10 Å². The van der Waals surface area contributed by atoms with Crippen molar-refractivity contribution < 1.29 is 0 Å². The van der Waals surface area contributed by atoms with Crippen LogP contribution in [0.4, 0.5) is 0 Å². The lowest BCUT2D eigenvalue weighted by molar-refractivity contribution is 0.519. The van der Waals surface area contributed by atoms with Crippen LogP contribution in [-0.4, -0.2) is 24.7 Å². The van der Waals surface area contributed by atoms with E-state index in [2.05, 4.69) is 36.0 Å². The van der Waals surface area contributed by atoms with Gasteiger partial charge in [0.1, 0.15) is 17.0 Å². The average molecular weight is 399 g/mol. The highest BCUT2D eigenvalue weighted by atomic mass is 79.9. The van der Waals surface area contributed by atoms with Crippen molar-refractivity contribution >= 4 is 39.1 Å². The fourth-order valence-corrected chi connectivity index (χ4v) is 3.00. The predicted octanol–water partition coefficient (Wildman–Crippen LogP) is 3.71. The Bertz CT molecular complexity index is 698. The van der Waals surface area contributed by atoms with E-state index < -0.39 is 4.32 Å². The van der Waals surface area contributed by atoms with Gasteiger partial charge in [0.15, 0.2) is 0 Å². The molecule has 0 N–H and O–H groups in total. The van der Waals surface area contributed by atoms with Crippen LogP contribution in [0.25, 0.3) is 0 Å². The average Bonchev–Trinajstić information content (AvgIpc) is 3.01. The van der Waals surface area contributed by atoms with Crippen LogP contribution in [0, 0.1) is 0 Å². The summed E-state index contributed by atoms with van der Waals surface area (Å²) < 4.78 is 1.04. The second kappa shape index (κ2) is 6.32. The molecule has 0 aliphatic rings. The summed E-state index contributed by atoms with van der Waals surface area (Å²) in [6, 6.07) is 7.28. The molecule has 22 heavy (non-hydrogen) atoms. The molecule has 0 fully saturated rings. The van der Waals surface area contributed by atoms with Gasteiger partial charge in [-0.1, -0.05) is 39.1 Å². The fourth-order valence-electron chi connectivity index (χ4n) is 2.05. The maximum absolute atomic E-state index is 5.93. The molecule has 0 radical (unpaired) electrons. The van der Waals surface area contributed by atoms with Crippen LogP contribution in [0.1, 0.15) is 11.4 Å². The van der Waals surface area contributed by atoms with Crippen LogP contribution in [0.5, 0.6) is 0 Å². The van der Waals surface area contributed by atoms with Crippen LogP contribution in [0.15, 0.2) is 49.3 Å². The van der Waals surface area contributed by atoms with E-state index in [0.717, 1.165) is 11.4 Å². The van der Waals surface area contributed by atoms with Gasteiger partial charge in [-0.3, -0.25) is 14.6 Å². The number of hydrogen-bond donors (Lipinski definition) is 0. The first-order chi connectivity index (χ1) is 10.6. The van der Waals surface area contributed by atoms with Crippen molar-refractivity contribution in [3.63, 3.8) is 0 Å². The van der Waals surface area contributed by atoms with Crippen molar-refractivity contribution in [2.75, 3.05) is 0 Å². The van der Waals surface area contributed by atoms with Gasteiger partial charge in [-0.05, 0) is 24.3 Å². The third kappa shape index (κ3) is 3.14. The lowest BCUT2D eigenvalue weighted by atomic mass is 9.99. The summed E-state index contributed by atoms with van der Waals surface area (Å²) >= 11 is 15.6. The highest BCUT2D eigenvalue weighted by Crippen LogP contribution is 2.38. The molecule has 0 unspecified atom stereocenters. The minimum atomic E-state index is -0.671. The summed E-state index contributed by atoms with van der Waals surface area (Å²) in [5.74, 6) is 0. The summed E-state index contributed by atoms with van der Waals surface area (Å²) in [4.78, 5) is 12.8. The Balaban J connectivity index is 2.08. The summed E-state index contributed by atoms with van der Waals surface area (Å²) in [6.07, 6.45) is 6.33. The maximum atomic E-state index is 5.93. The standard InChI is InChI=1S/C14H10BrCl2N5/c15-14(7-22-9-18-8-21-22,12-3-1-10(16)5-19-12)13-4-2-11(17)6-20-13/h1-6,8-9H,7H2. The smallest absolute Gasteiger partial charge is 0.137 e. The summed E-state index contributed by atoms with van der Waals surface area (Å²) in [7, 11) is 0. The molecular formula is C14H10BrCl2N5. The maximum Gasteiger partial charge on any atom is 0.137 e. The van der Waals surface area contributed by atoms with Crippen LogP contribution in [0.2, 0.25) is 10.0 Å². The van der Waals surface area contributed by atoms with Crippen LogP contribution >= 0.6 is 39.1 Å². The largest absolute Gasteiger partial charge is 0.258 e. The van der Waals surface area contributed by atoms with Crippen LogP contribution < -0.4 is 0 Å². The first-order valence-corrected chi connectivity index (χ1v) is 7.88. The minimum Gasteiger partial charge on any atom is -0.258 e. The van der Waals surface area contributed by atoms with Crippen molar-refractivity contribution in [2.45, 2.75) is 10.9 Å². The van der Waals surface area contributed by atoms with Crippen LogP contribution in [-0.2, 0) is 10.9 Å². The number of halogens is 3. The molecule has 5 nitrogen and oxygen atoms in total. The van der Waals surface area contributed by atoms with Crippen molar-refractivity contribution in [3.05, 3.63) is 70.7 Å². The Hall–Kier alpha value is -1.50. The van der Waals surface area contributed by atoms with E-state index in [4.69, 9.17) is 23.2 Å². The Kier molecular flexibility index (Phi) is 4.42. The zero-order valence-electron chi connectivity index (χ0n) is 11.2. The predicted molar refractivity (Wildman–Crippen MR) is 88.2 cm³/mol. The van der Waals surface area contributed by atoms with E-state index in [9.17, 15) is 0 Å². The molecule has 3 rings (SSSR count). The van der Waals surface area contributed by atoms with Gasteiger partial charge >= 0.3 is 0 Å². The molecule has 3 aromatic heterocycles. The monoisotopic (exact) mass is 397 g/mol. The Morgan fingerprint density at radius 3 is 2.00 bits per heavy atom. The highest BCUT2D eigenvalue weighted by molar-refractivity contribution is 9.09. The second-order valence-corrected chi connectivity index (χ2v) is 6.84. The summed E-state index contributed by atoms with van der Waals surface area (Å²) in [6.45, 7) is 0.469. The van der Waals surface area contributed by atoms with Crippen molar-refractivity contribution in [2.24, 2.45) is 0 Å². The number of nitrogens with zero attached hydrogens (tertiary/aromatic N) is 5. The molecule has 0 aliphatic heterocycles. The van der Waals surface area contributed by atoms with E-state index in [-0.39, 0.29) is 0 Å². The zero-order valence-corrected chi connectivity index (χ0v) is 14.3. The van der Waals surface area contributed by atoms with Gasteiger partial charge in [0.2, 0.25) is 0 Å². The molecule has 3 aromatic rings. The molecule has 0 aromatic carbocycles. The molecule has 0 spiro atoms. The Morgan fingerprint density at radius 2 is 1.59 bits per heavy atom. The third-order valence-electron chi connectivity index (χ3n) is 3.11. The molecule has 0 bridgehead atoms. The normalized spacial score (nSPS) is 11.6. The molecule has 0 atom stereocenters. The van der Waals surface area contributed by atoms with Gasteiger partial charge in [-0.15, -0.1) is 0 Å². The molecular weight excluding hydrogens is 389 g/mol. The van der Waals surface area contributed by atoms with Gasteiger partial charge in [0.05, 0.1) is 28.0 Å². The minimum absolute atomic E-state index is 0.469. The topological polar surface area (TPSA) is 56.5 Å². The number of alkyl halides is 1. The summed E-state index contributed by atoms with van der Waals surface area (Å²) in [5.41, 5.74) is 1.53. The summed E-state index contributed by atoms with van der Waals surface area (Å²) in [5, 5.41) is 5.30. The molecule has 8 heteroatoms. The van der Waals surface area contributed by atoms with E-state index in [1.807, 2.05) is 12.1 Å². The van der Waals surface area contributed by atoms with E-state index in [1.165, 1.54) is 6.33 Å². The van der Waals surface area contributed by atoms with Gasteiger partial charge in [0.25, 0.3) is 0 Å². The van der Waals surface area contributed by atoms with Gasteiger partial charge < -0.3 is 0 Å². The highest BCUT2D eigenvalue weighted by Gasteiger charge is 2.35. The number of aromatic nitrogens is 5. The van der Waals surface area contributed by atoms with Crippen molar-refractivity contribution in [1.82, 2.24) is 24.7 Å². The quantitative estimate of drug-likeness (QED) is 0.628. The van der Waals surface area contributed by atoms with Crippen molar-refractivity contribution in [1.29, 1.82) is 0 Å². The van der Waals surface area contributed by atoms with Gasteiger partial charge in [-0.25, -0.2) is 4.98 Å². The second-order valence-electron chi connectivity index (χ2n) is 4.62. The lowest BCUT2D eigenvalue weighted by Gasteiger charge is -2.26. The van der Waals surface area contributed by atoms with E-state index in [1.54, 1.807) is 35.5 Å². The van der Waals surface area contributed by atoms with E-state index >= 15 is 0 Å². The Labute approximate surface area is 145 Å². The number of hydrogen-bond acceptors (Lipinski definition) is 4. The molecule has 0 aliphatic carbocycles. The molecule has 0 saturated carbocycles. The Morgan fingerprint density at radius 1 is 1.00 bits per heavy atom. The molecule has 112 valence electrons. The zero-order chi connectivity index (χ0) is 15.6. The third-order valence-corrected chi connectivity index (χ3v) is 4.62. The lowest BCUT2D eigenvalue weighted by Crippen LogP contribution is -2.29. The molecule has 0 saturated heterocycles. The number of pyridine rings is 2. The van der Waals surface area contributed by atoms with Crippen LogP contribution in [0.3, 0.4) is 0 Å². The van der Waals surface area contributed by atoms with E-state index in [0.29, 0.717) is 16.6 Å².